The zero-order valence-electron chi connectivity index (χ0n) is 13.4. The summed E-state index contributed by atoms with van der Waals surface area (Å²) in [7, 11) is 0. The number of urea groups is 1. The Morgan fingerprint density at radius 1 is 1.17 bits per heavy atom. The Morgan fingerprint density at radius 2 is 1.96 bits per heavy atom. The highest BCUT2D eigenvalue weighted by Crippen LogP contribution is 2.15. The largest absolute Gasteiger partial charge is 0.378 e. The molecule has 1 aliphatic heterocycles. The molecule has 7 nitrogen and oxygen atoms in total. The molecule has 0 radical (unpaired) electrons. The number of benzene rings is 1. The topological polar surface area (TPSA) is 79.4 Å². The number of hydrogen-bond donors (Lipinski definition) is 2. The second-order valence-corrected chi connectivity index (χ2v) is 5.48. The number of hydrogen-bond acceptors (Lipinski definition) is 5. The molecule has 0 atom stereocenters. The van der Waals surface area contributed by atoms with Gasteiger partial charge in [0.05, 0.1) is 13.2 Å². The van der Waals surface area contributed by atoms with Gasteiger partial charge in [-0.2, -0.15) is 0 Å². The van der Waals surface area contributed by atoms with Gasteiger partial charge in [-0.3, -0.25) is 5.32 Å². The van der Waals surface area contributed by atoms with Crippen LogP contribution in [0.5, 0.6) is 0 Å². The Kier molecular flexibility index (Phi) is 5.57. The predicted molar refractivity (Wildman–Crippen MR) is 92.2 cm³/mol. The van der Waals surface area contributed by atoms with E-state index in [1.165, 1.54) is 11.9 Å². The molecule has 0 unspecified atom stereocenters. The highest BCUT2D eigenvalue weighted by atomic mass is 16.5. The maximum absolute atomic E-state index is 12.0. The number of nitrogens with one attached hydrogen (secondary N) is 2. The molecule has 2 heterocycles. The van der Waals surface area contributed by atoms with Crippen molar-refractivity contribution in [3.63, 3.8) is 0 Å². The first kappa shape index (κ1) is 16.2. The minimum absolute atomic E-state index is 0.266. The zero-order chi connectivity index (χ0) is 16.6. The lowest BCUT2D eigenvalue weighted by atomic mass is 10.1. The SMILES string of the molecule is O=C(NCCc1ccccc1)Nc1cc(N2CCOCC2)ncn1. The van der Waals surface area contributed by atoms with Crippen LogP contribution < -0.4 is 15.5 Å². The molecule has 24 heavy (non-hydrogen) atoms. The summed E-state index contributed by atoms with van der Waals surface area (Å²) < 4.78 is 5.33. The summed E-state index contributed by atoms with van der Waals surface area (Å²) in [5, 5.41) is 5.58. The van der Waals surface area contributed by atoms with E-state index in [4.69, 9.17) is 4.74 Å². The van der Waals surface area contributed by atoms with Gasteiger partial charge in [-0.05, 0) is 12.0 Å². The second kappa shape index (κ2) is 8.26. The van der Waals surface area contributed by atoms with Gasteiger partial charge in [-0.25, -0.2) is 14.8 Å². The van der Waals surface area contributed by atoms with Crippen molar-refractivity contribution in [2.45, 2.75) is 6.42 Å². The van der Waals surface area contributed by atoms with Crippen LogP contribution in [0.15, 0.2) is 42.7 Å². The lowest BCUT2D eigenvalue weighted by Crippen LogP contribution is -2.37. The maximum atomic E-state index is 12.0. The average molecular weight is 327 g/mol. The molecule has 2 aromatic rings. The maximum Gasteiger partial charge on any atom is 0.320 e. The van der Waals surface area contributed by atoms with Crippen LogP contribution in [-0.2, 0) is 11.2 Å². The van der Waals surface area contributed by atoms with Crippen LogP contribution in [0.2, 0.25) is 0 Å². The Bertz CT molecular complexity index is 659. The van der Waals surface area contributed by atoms with Crippen molar-refractivity contribution < 1.29 is 9.53 Å². The summed E-state index contributed by atoms with van der Waals surface area (Å²) >= 11 is 0. The van der Waals surface area contributed by atoms with Crippen molar-refractivity contribution in [2.75, 3.05) is 43.1 Å². The quantitative estimate of drug-likeness (QED) is 0.873. The van der Waals surface area contributed by atoms with Crippen LogP contribution >= 0.6 is 0 Å². The van der Waals surface area contributed by atoms with Crippen molar-refractivity contribution in [1.82, 2.24) is 15.3 Å². The van der Waals surface area contributed by atoms with Crippen molar-refractivity contribution >= 4 is 17.7 Å². The Labute approximate surface area is 141 Å². The molecule has 1 aliphatic rings. The van der Waals surface area contributed by atoms with E-state index in [2.05, 4.69) is 25.5 Å². The number of rotatable bonds is 5. The van der Waals surface area contributed by atoms with E-state index in [0.29, 0.717) is 25.6 Å². The smallest absolute Gasteiger partial charge is 0.320 e. The third-order valence-corrected chi connectivity index (χ3v) is 3.77. The van der Waals surface area contributed by atoms with Crippen LogP contribution in [0.3, 0.4) is 0 Å². The van der Waals surface area contributed by atoms with Gasteiger partial charge in [0, 0.05) is 25.7 Å². The molecule has 0 saturated carbocycles. The zero-order valence-corrected chi connectivity index (χ0v) is 13.4. The third-order valence-electron chi connectivity index (χ3n) is 3.77. The predicted octanol–water partition coefficient (Wildman–Crippen LogP) is 1.68. The summed E-state index contributed by atoms with van der Waals surface area (Å²) in [6, 6.07) is 11.6. The number of anilines is 2. The molecule has 0 aliphatic carbocycles. The standard InChI is InChI=1S/C17H21N5O2/c23-17(18-7-6-14-4-2-1-3-5-14)21-15-12-16(20-13-19-15)22-8-10-24-11-9-22/h1-5,12-13H,6-11H2,(H2,18,19,20,21,23). The lowest BCUT2D eigenvalue weighted by Gasteiger charge is -2.27. The second-order valence-electron chi connectivity index (χ2n) is 5.48. The van der Waals surface area contributed by atoms with Gasteiger partial charge in [-0.15, -0.1) is 0 Å². The van der Waals surface area contributed by atoms with Gasteiger partial charge in [0.2, 0.25) is 0 Å². The van der Waals surface area contributed by atoms with Crippen molar-refractivity contribution in [2.24, 2.45) is 0 Å². The molecule has 126 valence electrons. The number of carbonyl (C=O) groups is 1. The summed E-state index contributed by atoms with van der Waals surface area (Å²) in [5.41, 5.74) is 1.19. The first-order chi connectivity index (χ1) is 11.8. The fourth-order valence-corrected chi connectivity index (χ4v) is 2.51. The van der Waals surface area contributed by atoms with Crippen LogP contribution in [-0.4, -0.2) is 48.8 Å². The Morgan fingerprint density at radius 3 is 2.75 bits per heavy atom. The highest BCUT2D eigenvalue weighted by molar-refractivity contribution is 5.88. The Balaban J connectivity index is 1.49. The molecule has 1 aromatic heterocycles. The minimum Gasteiger partial charge on any atom is -0.378 e. The molecule has 3 rings (SSSR count). The molecule has 1 fully saturated rings. The number of ether oxygens (including phenoxy) is 1. The van der Waals surface area contributed by atoms with Gasteiger partial charge in [0.15, 0.2) is 0 Å². The number of carbonyl (C=O) groups excluding carboxylic acids is 1. The molecule has 2 amide bonds. The van der Waals surface area contributed by atoms with E-state index in [-0.39, 0.29) is 6.03 Å². The van der Waals surface area contributed by atoms with Gasteiger partial charge in [0.1, 0.15) is 18.0 Å². The van der Waals surface area contributed by atoms with Crippen LogP contribution in [0, 0.1) is 0 Å². The van der Waals surface area contributed by atoms with Gasteiger partial charge < -0.3 is 15.0 Å². The average Bonchev–Trinajstić information content (AvgIpc) is 2.63. The molecule has 1 saturated heterocycles. The summed E-state index contributed by atoms with van der Waals surface area (Å²) in [5.74, 6) is 1.29. The molecular formula is C17H21N5O2. The monoisotopic (exact) mass is 327 g/mol. The molecule has 2 N–H and O–H groups in total. The van der Waals surface area contributed by atoms with Crippen LogP contribution in [0.25, 0.3) is 0 Å². The van der Waals surface area contributed by atoms with Gasteiger partial charge in [-0.1, -0.05) is 30.3 Å². The van der Waals surface area contributed by atoms with Crippen molar-refractivity contribution in [1.29, 1.82) is 0 Å². The number of nitrogens with zero attached hydrogens (tertiary/aromatic N) is 3. The van der Waals surface area contributed by atoms with Crippen molar-refractivity contribution in [3.05, 3.63) is 48.3 Å². The first-order valence-electron chi connectivity index (χ1n) is 8.05. The number of aromatic nitrogens is 2. The lowest BCUT2D eigenvalue weighted by molar-refractivity contribution is 0.122. The minimum atomic E-state index is -0.266. The first-order valence-corrected chi connectivity index (χ1v) is 8.05. The Hall–Kier alpha value is -2.67. The van der Waals surface area contributed by atoms with Crippen LogP contribution in [0.1, 0.15) is 5.56 Å². The van der Waals surface area contributed by atoms with E-state index < -0.39 is 0 Å². The van der Waals surface area contributed by atoms with E-state index in [9.17, 15) is 4.79 Å². The molecule has 0 bridgehead atoms. The highest BCUT2D eigenvalue weighted by Gasteiger charge is 2.13. The van der Waals surface area contributed by atoms with Gasteiger partial charge >= 0.3 is 6.03 Å². The fourth-order valence-electron chi connectivity index (χ4n) is 2.51. The van der Waals surface area contributed by atoms with Crippen LogP contribution in [0.4, 0.5) is 16.4 Å². The normalized spacial score (nSPS) is 14.2. The molecule has 0 spiro atoms. The van der Waals surface area contributed by atoms with Crippen molar-refractivity contribution in [3.8, 4) is 0 Å². The fraction of sp³-hybridized carbons (Fsp3) is 0.353. The van der Waals surface area contributed by atoms with E-state index in [1.54, 1.807) is 6.07 Å². The summed E-state index contributed by atoms with van der Waals surface area (Å²) in [6.07, 6.45) is 2.25. The molecule has 1 aromatic carbocycles. The number of morpholine rings is 1. The number of amides is 2. The third kappa shape index (κ3) is 4.66. The van der Waals surface area contributed by atoms with E-state index >= 15 is 0 Å². The van der Waals surface area contributed by atoms with Gasteiger partial charge in [0.25, 0.3) is 0 Å². The molecule has 7 heteroatoms. The summed E-state index contributed by atoms with van der Waals surface area (Å²) in [6.45, 7) is 3.52. The molecular weight excluding hydrogens is 306 g/mol. The van der Waals surface area contributed by atoms with E-state index in [0.717, 1.165) is 25.3 Å². The summed E-state index contributed by atoms with van der Waals surface area (Å²) in [4.78, 5) is 22.4. The van der Waals surface area contributed by atoms with E-state index in [1.807, 2.05) is 30.3 Å².